The van der Waals surface area contributed by atoms with E-state index in [1.807, 2.05) is 37.3 Å². The molecule has 1 heterocycles. The van der Waals surface area contributed by atoms with E-state index in [1.165, 1.54) is 0 Å². The summed E-state index contributed by atoms with van der Waals surface area (Å²) in [6.45, 7) is 1.96. The van der Waals surface area contributed by atoms with Gasteiger partial charge in [-0.2, -0.15) is 0 Å². The maximum atomic E-state index is 5.71. The fraction of sp³-hybridized carbons (Fsp3) is 0.0833. The molecule has 3 N–H and O–H groups in total. The van der Waals surface area contributed by atoms with Crippen molar-refractivity contribution in [1.82, 2.24) is 4.98 Å². The molecule has 16 heavy (non-hydrogen) atoms. The number of halogens is 1. The SMILES string of the molecule is Cc1cc(Nc2ccccc2Br)ncc1N. The lowest BCUT2D eigenvalue weighted by molar-refractivity contribution is 1.27. The molecule has 0 aliphatic rings. The number of nitrogens with zero attached hydrogens (tertiary/aromatic N) is 1. The Morgan fingerprint density at radius 3 is 2.75 bits per heavy atom. The quantitative estimate of drug-likeness (QED) is 0.884. The highest BCUT2D eigenvalue weighted by Crippen LogP contribution is 2.25. The molecule has 0 bridgehead atoms. The molecule has 4 heteroatoms. The monoisotopic (exact) mass is 277 g/mol. The highest BCUT2D eigenvalue weighted by Gasteiger charge is 2.01. The summed E-state index contributed by atoms with van der Waals surface area (Å²) in [6.07, 6.45) is 1.66. The second-order valence-electron chi connectivity index (χ2n) is 3.53. The first-order valence-electron chi connectivity index (χ1n) is 4.90. The van der Waals surface area contributed by atoms with Gasteiger partial charge in [-0.1, -0.05) is 12.1 Å². The lowest BCUT2D eigenvalue weighted by atomic mass is 10.2. The molecule has 0 fully saturated rings. The zero-order valence-corrected chi connectivity index (χ0v) is 10.5. The number of aromatic nitrogens is 1. The molecule has 1 aromatic heterocycles. The molecule has 0 saturated carbocycles. The lowest BCUT2D eigenvalue weighted by Gasteiger charge is -2.08. The van der Waals surface area contributed by atoms with E-state index < -0.39 is 0 Å². The number of aryl methyl sites for hydroxylation is 1. The smallest absolute Gasteiger partial charge is 0.130 e. The van der Waals surface area contributed by atoms with Crippen LogP contribution in [0.3, 0.4) is 0 Å². The molecular weight excluding hydrogens is 266 g/mol. The molecule has 0 unspecified atom stereocenters. The zero-order chi connectivity index (χ0) is 11.5. The van der Waals surface area contributed by atoms with Crippen LogP contribution >= 0.6 is 15.9 Å². The summed E-state index contributed by atoms with van der Waals surface area (Å²) in [5.41, 5.74) is 8.42. The first-order valence-corrected chi connectivity index (χ1v) is 5.70. The second kappa shape index (κ2) is 4.53. The van der Waals surface area contributed by atoms with Crippen molar-refractivity contribution in [3.8, 4) is 0 Å². The molecule has 0 aliphatic carbocycles. The Kier molecular flexibility index (Phi) is 3.10. The minimum Gasteiger partial charge on any atom is -0.397 e. The number of nitrogens with two attached hydrogens (primary N) is 1. The molecule has 3 nitrogen and oxygen atoms in total. The van der Waals surface area contributed by atoms with Gasteiger partial charge < -0.3 is 11.1 Å². The van der Waals surface area contributed by atoms with Crippen LogP contribution in [0.4, 0.5) is 17.2 Å². The van der Waals surface area contributed by atoms with Gasteiger partial charge in [-0.3, -0.25) is 0 Å². The molecule has 0 aliphatic heterocycles. The van der Waals surface area contributed by atoms with E-state index in [-0.39, 0.29) is 0 Å². The number of hydrogen-bond acceptors (Lipinski definition) is 3. The van der Waals surface area contributed by atoms with Crippen LogP contribution < -0.4 is 11.1 Å². The Balaban J connectivity index is 2.28. The van der Waals surface area contributed by atoms with E-state index in [0.29, 0.717) is 5.69 Å². The van der Waals surface area contributed by atoms with E-state index in [4.69, 9.17) is 5.73 Å². The van der Waals surface area contributed by atoms with Crippen LogP contribution in [0.1, 0.15) is 5.56 Å². The number of pyridine rings is 1. The highest BCUT2D eigenvalue weighted by molar-refractivity contribution is 9.10. The number of benzene rings is 1. The first kappa shape index (κ1) is 11.0. The molecule has 82 valence electrons. The molecule has 2 aromatic rings. The van der Waals surface area contributed by atoms with E-state index in [9.17, 15) is 0 Å². The van der Waals surface area contributed by atoms with Crippen molar-refractivity contribution < 1.29 is 0 Å². The second-order valence-corrected chi connectivity index (χ2v) is 4.39. The molecule has 1 aromatic carbocycles. The number of para-hydroxylation sites is 1. The van der Waals surface area contributed by atoms with Gasteiger partial charge in [0.1, 0.15) is 5.82 Å². The van der Waals surface area contributed by atoms with Crippen LogP contribution in [0.25, 0.3) is 0 Å². The predicted molar refractivity (Wildman–Crippen MR) is 70.8 cm³/mol. The van der Waals surface area contributed by atoms with Gasteiger partial charge in [-0.25, -0.2) is 4.98 Å². The largest absolute Gasteiger partial charge is 0.397 e. The average Bonchev–Trinajstić information content (AvgIpc) is 2.27. The van der Waals surface area contributed by atoms with Gasteiger partial charge in [0.15, 0.2) is 0 Å². The van der Waals surface area contributed by atoms with Gasteiger partial charge in [0.25, 0.3) is 0 Å². The van der Waals surface area contributed by atoms with E-state index >= 15 is 0 Å². The maximum Gasteiger partial charge on any atom is 0.130 e. The van der Waals surface area contributed by atoms with Gasteiger partial charge in [-0.05, 0) is 46.6 Å². The van der Waals surface area contributed by atoms with Crippen LogP contribution in [-0.2, 0) is 0 Å². The molecule has 0 atom stereocenters. The normalized spacial score (nSPS) is 10.1. The van der Waals surface area contributed by atoms with Crippen molar-refractivity contribution in [3.63, 3.8) is 0 Å². The van der Waals surface area contributed by atoms with Gasteiger partial charge >= 0.3 is 0 Å². The third-order valence-electron chi connectivity index (χ3n) is 2.29. The van der Waals surface area contributed by atoms with Crippen molar-refractivity contribution in [2.24, 2.45) is 0 Å². The van der Waals surface area contributed by atoms with E-state index in [1.54, 1.807) is 6.20 Å². The minimum atomic E-state index is 0.706. The summed E-state index contributed by atoms with van der Waals surface area (Å²) in [4.78, 5) is 4.22. The molecular formula is C12H12BrN3. The van der Waals surface area contributed by atoms with Crippen LogP contribution in [0.15, 0.2) is 41.0 Å². The molecule has 0 spiro atoms. The van der Waals surface area contributed by atoms with Crippen molar-refractivity contribution >= 4 is 33.1 Å². The van der Waals surface area contributed by atoms with Crippen molar-refractivity contribution in [2.75, 3.05) is 11.1 Å². The number of hydrogen-bond donors (Lipinski definition) is 2. The maximum absolute atomic E-state index is 5.71. The Morgan fingerprint density at radius 1 is 1.31 bits per heavy atom. The fourth-order valence-corrected chi connectivity index (χ4v) is 1.72. The predicted octanol–water partition coefficient (Wildman–Crippen LogP) is 3.48. The standard InChI is InChI=1S/C12H12BrN3/c1-8-6-12(15-7-10(8)14)16-11-5-3-2-4-9(11)13/h2-7H,14H2,1H3,(H,15,16). The summed E-state index contributed by atoms with van der Waals surface area (Å²) in [7, 11) is 0. The third kappa shape index (κ3) is 2.33. The number of anilines is 3. The van der Waals surface area contributed by atoms with Crippen LogP contribution in [0.5, 0.6) is 0 Å². The van der Waals surface area contributed by atoms with Crippen LogP contribution in [0, 0.1) is 6.92 Å². The van der Waals surface area contributed by atoms with Crippen LogP contribution in [-0.4, -0.2) is 4.98 Å². The van der Waals surface area contributed by atoms with Gasteiger partial charge in [0.05, 0.1) is 17.6 Å². The topological polar surface area (TPSA) is 50.9 Å². The zero-order valence-electron chi connectivity index (χ0n) is 8.87. The fourth-order valence-electron chi connectivity index (χ4n) is 1.34. The Labute approximate surface area is 103 Å². The lowest BCUT2D eigenvalue weighted by Crippen LogP contribution is -1.97. The summed E-state index contributed by atoms with van der Waals surface area (Å²) < 4.78 is 1.01. The van der Waals surface area contributed by atoms with Crippen molar-refractivity contribution in [3.05, 3.63) is 46.6 Å². The van der Waals surface area contributed by atoms with Gasteiger partial charge in [0, 0.05) is 4.47 Å². The van der Waals surface area contributed by atoms with Crippen molar-refractivity contribution in [1.29, 1.82) is 0 Å². The van der Waals surface area contributed by atoms with E-state index in [0.717, 1.165) is 21.5 Å². The molecule has 0 amide bonds. The minimum absolute atomic E-state index is 0.706. The number of nitrogen functional groups attached to an aromatic ring is 1. The summed E-state index contributed by atoms with van der Waals surface area (Å²) >= 11 is 3.47. The summed E-state index contributed by atoms with van der Waals surface area (Å²) in [6, 6.07) is 9.83. The van der Waals surface area contributed by atoms with Gasteiger partial charge in [-0.15, -0.1) is 0 Å². The number of rotatable bonds is 2. The molecule has 0 radical (unpaired) electrons. The summed E-state index contributed by atoms with van der Waals surface area (Å²) in [5, 5.41) is 3.23. The van der Waals surface area contributed by atoms with Crippen LogP contribution in [0.2, 0.25) is 0 Å². The van der Waals surface area contributed by atoms with Gasteiger partial charge in [0.2, 0.25) is 0 Å². The first-order chi connectivity index (χ1) is 7.66. The van der Waals surface area contributed by atoms with Crippen molar-refractivity contribution in [2.45, 2.75) is 6.92 Å². The molecule has 0 saturated heterocycles. The van der Waals surface area contributed by atoms with E-state index in [2.05, 4.69) is 26.2 Å². The molecule has 2 rings (SSSR count). The third-order valence-corrected chi connectivity index (χ3v) is 2.98. The Morgan fingerprint density at radius 2 is 2.06 bits per heavy atom. The average molecular weight is 278 g/mol. The Bertz CT molecular complexity index is 511. The summed E-state index contributed by atoms with van der Waals surface area (Å²) in [5.74, 6) is 0.790. The Hall–Kier alpha value is -1.55. The highest BCUT2D eigenvalue weighted by atomic mass is 79.9. The number of nitrogens with one attached hydrogen (secondary N) is 1.